The van der Waals surface area contributed by atoms with Gasteiger partial charge in [-0.2, -0.15) is 4.98 Å². The molecule has 0 amide bonds. The quantitative estimate of drug-likeness (QED) is 0.533. The summed E-state index contributed by atoms with van der Waals surface area (Å²) in [5, 5.41) is 16.6. The molecule has 0 spiro atoms. The van der Waals surface area contributed by atoms with Gasteiger partial charge < -0.3 is 9.42 Å². The molecule has 0 aliphatic carbocycles. The van der Waals surface area contributed by atoms with Crippen molar-refractivity contribution in [1.82, 2.24) is 15.1 Å². The molecule has 0 bridgehead atoms. The average Bonchev–Trinajstić information content (AvgIpc) is 3.07. The Balaban J connectivity index is 1.72. The van der Waals surface area contributed by atoms with Crippen molar-refractivity contribution in [3.63, 3.8) is 0 Å². The Morgan fingerprint density at radius 2 is 2.20 bits per heavy atom. The Morgan fingerprint density at radius 3 is 2.96 bits per heavy atom. The lowest BCUT2D eigenvalue weighted by molar-refractivity contribution is -0.383. The predicted octanol–water partition coefficient (Wildman–Crippen LogP) is 3.22. The molecule has 0 N–H and O–H groups in total. The van der Waals surface area contributed by atoms with Gasteiger partial charge in [-0.05, 0) is 31.9 Å². The minimum Gasteiger partial charge on any atom is -0.370 e. The molecule has 1 fully saturated rings. The molecule has 3 heterocycles. The van der Waals surface area contributed by atoms with Crippen molar-refractivity contribution in [3.8, 4) is 0 Å². The van der Waals surface area contributed by atoms with Gasteiger partial charge in [-0.3, -0.25) is 15.1 Å². The number of hydrogen-bond acceptors (Lipinski definition) is 7. The first-order chi connectivity index (χ1) is 12.1. The molecule has 3 aromatic rings. The highest BCUT2D eigenvalue weighted by atomic mass is 16.6. The van der Waals surface area contributed by atoms with Crippen molar-refractivity contribution < 1.29 is 9.45 Å². The number of piperidine rings is 1. The van der Waals surface area contributed by atoms with Crippen molar-refractivity contribution >= 4 is 22.1 Å². The first-order valence-corrected chi connectivity index (χ1v) is 8.20. The zero-order valence-corrected chi connectivity index (χ0v) is 13.8. The van der Waals surface area contributed by atoms with Crippen molar-refractivity contribution in [2.75, 3.05) is 18.0 Å². The van der Waals surface area contributed by atoms with Crippen molar-refractivity contribution in [1.29, 1.82) is 0 Å². The Bertz CT molecular complexity index is 939. The van der Waals surface area contributed by atoms with E-state index in [0.29, 0.717) is 17.1 Å². The van der Waals surface area contributed by atoms with Gasteiger partial charge in [-0.15, -0.1) is 0 Å². The SMILES string of the molecule is Cc1noc([C@@H]2CCCN(c3ccc([N+](=O)[O-])c4cnccc34)C2)n1. The molecule has 1 saturated heterocycles. The zero-order valence-electron chi connectivity index (χ0n) is 13.8. The predicted molar refractivity (Wildman–Crippen MR) is 91.6 cm³/mol. The van der Waals surface area contributed by atoms with E-state index in [9.17, 15) is 10.1 Å². The normalized spacial score (nSPS) is 17.8. The van der Waals surface area contributed by atoms with E-state index in [4.69, 9.17) is 4.52 Å². The number of rotatable bonds is 3. The summed E-state index contributed by atoms with van der Waals surface area (Å²) in [4.78, 5) is 21.6. The van der Waals surface area contributed by atoms with Gasteiger partial charge in [0.25, 0.3) is 5.69 Å². The summed E-state index contributed by atoms with van der Waals surface area (Å²) < 4.78 is 5.34. The van der Waals surface area contributed by atoms with Crippen LogP contribution in [-0.2, 0) is 0 Å². The average molecular weight is 339 g/mol. The zero-order chi connectivity index (χ0) is 17.4. The van der Waals surface area contributed by atoms with E-state index < -0.39 is 0 Å². The van der Waals surface area contributed by atoms with E-state index in [2.05, 4.69) is 20.0 Å². The third kappa shape index (κ3) is 2.79. The number of nitrogens with zero attached hydrogens (tertiary/aromatic N) is 5. The monoisotopic (exact) mass is 339 g/mol. The van der Waals surface area contributed by atoms with Crippen LogP contribution in [0.15, 0.2) is 35.1 Å². The lowest BCUT2D eigenvalue weighted by atomic mass is 9.96. The molecule has 25 heavy (non-hydrogen) atoms. The molecule has 128 valence electrons. The molecule has 4 rings (SSSR count). The second-order valence-corrected chi connectivity index (χ2v) is 6.25. The molecule has 0 saturated carbocycles. The van der Waals surface area contributed by atoms with Crippen molar-refractivity contribution in [2.45, 2.75) is 25.7 Å². The van der Waals surface area contributed by atoms with Crippen LogP contribution in [0.1, 0.15) is 30.5 Å². The van der Waals surface area contributed by atoms with E-state index in [1.165, 1.54) is 0 Å². The van der Waals surface area contributed by atoms with Gasteiger partial charge in [0.2, 0.25) is 5.89 Å². The molecule has 8 nitrogen and oxygen atoms in total. The number of benzene rings is 1. The Morgan fingerprint density at radius 1 is 1.32 bits per heavy atom. The summed E-state index contributed by atoms with van der Waals surface area (Å²) in [6.07, 6.45) is 5.21. The van der Waals surface area contributed by atoms with E-state index in [0.717, 1.165) is 37.0 Å². The van der Waals surface area contributed by atoms with Gasteiger partial charge in [0.05, 0.1) is 16.2 Å². The van der Waals surface area contributed by atoms with Gasteiger partial charge in [-0.1, -0.05) is 5.16 Å². The van der Waals surface area contributed by atoms with Crippen LogP contribution in [0.3, 0.4) is 0 Å². The fraction of sp³-hybridized carbons (Fsp3) is 0.353. The number of fused-ring (bicyclic) bond motifs is 1. The highest BCUT2D eigenvalue weighted by molar-refractivity contribution is 5.99. The molecule has 1 aromatic carbocycles. The molecule has 1 atom stereocenters. The summed E-state index contributed by atoms with van der Waals surface area (Å²) in [6, 6.07) is 5.21. The second-order valence-electron chi connectivity index (χ2n) is 6.25. The topological polar surface area (TPSA) is 98.2 Å². The lowest BCUT2D eigenvalue weighted by Gasteiger charge is -2.33. The number of non-ortho nitro benzene ring substituents is 1. The van der Waals surface area contributed by atoms with Gasteiger partial charge in [-0.25, -0.2) is 0 Å². The van der Waals surface area contributed by atoms with Crippen LogP contribution in [-0.4, -0.2) is 33.1 Å². The Kier molecular flexibility index (Phi) is 3.79. The highest BCUT2D eigenvalue weighted by Gasteiger charge is 2.27. The lowest BCUT2D eigenvalue weighted by Crippen LogP contribution is -2.34. The summed E-state index contributed by atoms with van der Waals surface area (Å²) >= 11 is 0. The Hall–Kier alpha value is -3.03. The van der Waals surface area contributed by atoms with E-state index in [1.807, 2.05) is 19.1 Å². The number of nitro groups is 1. The second kappa shape index (κ2) is 6.12. The number of aryl methyl sites for hydroxylation is 1. The Labute approximate surface area is 143 Å². The standard InChI is InChI=1S/C17H17N5O3/c1-11-19-17(25-20-11)12-3-2-8-21(10-12)15-4-5-16(22(23)24)14-9-18-7-6-13(14)15/h4-7,9,12H,2-3,8,10H2,1H3/t12-/m1/s1. The van der Waals surface area contributed by atoms with Gasteiger partial charge >= 0.3 is 0 Å². The molecule has 0 unspecified atom stereocenters. The summed E-state index contributed by atoms with van der Waals surface area (Å²) in [5.74, 6) is 1.47. The minimum absolute atomic E-state index is 0.0768. The third-order valence-electron chi connectivity index (χ3n) is 4.62. The molecule has 8 heteroatoms. The fourth-order valence-electron chi connectivity index (χ4n) is 3.47. The molecule has 1 aliphatic heterocycles. The third-order valence-corrected chi connectivity index (χ3v) is 4.62. The molecular formula is C17H17N5O3. The van der Waals surface area contributed by atoms with Crippen LogP contribution >= 0.6 is 0 Å². The number of hydrogen-bond donors (Lipinski definition) is 0. The van der Waals surface area contributed by atoms with Gasteiger partial charge in [0.15, 0.2) is 5.82 Å². The number of aromatic nitrogens is 3. The van der Waals surface area contributed by atoms with E-state index in [1.54, 1.807) is 18.5 Å². The van der Waals surface area contributed by atoms with Crippen LogP contribution in [0.25, 0.3) is 10.8 Å². The summed E-state index contributed by atoms with van der Waals surface area (Å²) in [7, 11) is 0. The number of anilines is 1. The summed E-state index contributed by atoms with van der Waals surface area (Å²) in [5.41, 5.74) is 1.05. The smallest absolute Gasteiger partial charge is 0.278 e. The summed E-state index contributed by atoms with van der Waals surface area (Å²) in [6.45, 7) is 3.44. The maximum atomic E-state index is 11.3. The fourth-order valence-corrected chi connectivity index (χ4v) is 3.47. The first kappa shape index (κ1) is 15.5. The number of nitro benzene ring substituents is 1. The van der Waals surface area contributed by atoms with Crippen LogP contribution in [0.2, 0.25) is 0 Å². The van der Waals surface area contributed by atoms with Gasteiger partial charge in [0.1, 0.15) is 0 Å². The first-order valence-electron chi connectivity index (χ1n) is 8.20. The van der Waals surface area contributed by atoms with E-state index >= 15 is 0 Å². The molecule has 0 radical (unpaired) electrons. The van der Waals surface area contributed by atoms with Crippen LogP contribution < -0.4 is 4.90 Å². The molecule has 1 aliphatic rings. The maximum absolute atomic E-state index is 11.3. The van der Waals surface area contributed by atoms with Crippen LogP contribution in [0, 0.1) is 17.0 Å². The minimum atomic E-state index is -0.367. The van der Waals surface area contributed by atoms with Crippen molar-refractivity contribution in [3.05, 3.63) is 52.4 Å². The largest absolute Gasteiger partial charge is 0.370 e. The molecule has 2 aromatic heterocycles. The van der Waals surface area contributed by atoms with Crippen molar-refractivity contribution in [2.24, 2.45) is 0 Å². The number of pyridine rings is 1. The van der Waals surface area contributed by atoms with Crippen LogP contribution in [0.5, 0.6) is 0 Å². The molecular weight excluding hydrogens is 322 g/mol. The maximum Gasteiger partial charge on any atom is 0.278 e. The highest BCUT2D eigenvalue weighted by Crippen LogP contribution is 2.36. The van der Waals surface area contributed by atoms with E-state index in [-0.39, 0.29) is 16.5 Å². The van der Waals surface area contributed by atoms with Gasteiger partial charge in [0, 0.05) is 42.6 Å². The van der Waals surface area contributed by atoms with Crippen LogP contribution in [0.4, 0.5) is 11.4 Å².